The Hall–Kier alpha value is -3.26. The van der Waals surface area contributed by atoms with Crippen LogP contribution in [0.4, 0.5) is 0 Å². The fourth-order valence-electron chi connectivity index (χ4n) is 4.16. The lowest BCUT2D eigenvalue weighted by Gasteiger charge is -2.44. The molecule has 0 heterocycles. The van der Waals surface area contributed by atoms with Crippen LogP contribution in [0.3, 0.4) is 0 Å². The third-order valence-electron chi connectivity index (χ3n) is 4.83. The molecule has 0 bridgehead atoms. The molecule has 0 amide bonds. The van der Waals surface area contributed by atoms with E-state index in [2.05, 4.69) is 40.7 Å². The van der Waals surface area contributed by atoms with Gasteiger partial charge in [-0.1, -0.05) is 45.0 Å². The highest BCUT2D eigenvalue weighted by molar-refractivity contribution is 5.36. The molecule has 8 nitrogen and oxygen atoms in total. The van der Waals surface area contributed by atoms with Crippen molar-refractivity contribution in [2.45, 2.75) is 59.2 Å². The Morgan fingerprint density at radius 2 is 1.43 bits per heavy atom. The lowest BCUT2D eigenvalue weighted by Crippen LogP contribution is -2.39. The fourth-order valence-corrected chi connectivity index (χ4v) is 4.16. The first-order valence-corrected chi connectivity index (χ1v) is 9.53. The van der Waals surface area contributed by atoms with Gasteiger partial charge in [0.2, 0.25) is 24.3 Å². The minimum absolute atomic E-state index is 0.00750. The average molecular weight is 410 g/mol. The van der Waals surface area contributed by atoms with Crippen LogP contribution >= 0.6 is 0 Å². The molecule has 1 aliphatic carbocycles. The van der Waals surface area contributed by atoms with Crippen LogP contribution < -0.4 is 0 Å². The highest BCUT2D eigenvalue weighted by atomic mass is 16.1. The number of hydrogen-bond acceptors (Lipinski definition) is 8. The van der Waals surface area contributed by atoms with E-state index < -0.39 is 0 Å². The van der Waals surface area contributed by atoms with Crippen molar-refractivity contribution in [1.82, 2.24) is 0 Å². The van der Waals surface area contributed by atoms with Gasteiger partial charge in [-0.2, -0.15) is 0 Å². The summed E-state index contributed by atoms with van der Waals surface area (Å²) < 4.78 is 0. The number of isocyanates is 4. The maximum atomic E-state index is 10.3. The van der Waals surface area contributed by atoms with Gasteiger partial charge < -0.3 is 0 Å². The Labute approximate surface area is 175 Å². The van der Waals surface area contributed by atoms with Crippen LogP contribution in [-0.4, -0.2) is 36.9 Å². The second kappa shape index (κ2) is 12.3. The first kappa shape index (κ1) is 24.8. The van der Waals surface area contributed by atoms with Gasteiger partial charge in [-0.3, -0.25) is 0 Å². The van der Waals surface area contributed by atoms with Crippen LogP contribution in [0.15, 0.2) is 44.2 Å². The van der Waals surface area contributed by atoms with Crippen molar-refractivity contribution in [2.24, 2.45) is 30.8 Å². The molecule has 1 fully saturated rings. The van der Waals surface area contributed by atoms with Crippen LogP contribution in [0.25, 0.3) is 0 Å². The first-order valence-electron chi connectivity index (χ1n) is 9.53. The second-order valence-corrected chi connectivity index (χ2v) is 8.48. The quantitative estimate of drug-likeness (QED) is 0.504. The van der Waals surface area contributed by atoms with E-state index in [1.165, 1.54) is 12.2 Å². The van der Waals surface area contributed by atoms with E-state index in [-0.39, 0.29) is 16.9 Å². The van der Waals surface area contributed by atoms with Gasteiger partial charge in [-0.05, 0) is 41.2 Å². The highest BCUT2D eigenvalue weighted by Crippen LogP contribution is 2.47. The van der Waals surface area contributed by atoms with Gasteiger partial charge in [0.25, 0.3) is 0 Å². The van der Waals surface area contributed by atoms with Crippen molar-refractivity contribution in [3.8, 4) is 0 Å². The third-order valence-corrected chi connectivity index (χ3v) is 4.83. The van der Waals surface area contributed by atoms with E-state index in [0.29, 0.717) is 19.6 Å². The zero-order chi connectivity index (χ0) is 22.5. The molecule has 0 radical (unpaired) electrons. The number of carbonyl (C=O) groups excluding carboxylic acids is 4. The lowest BCUT2D eigenvalue weighted by atomic mass is 9.63. The molecule has 0 aromatic heterocycles. The number of hydrogen-bond donors (Lipinski definition) is 0. The first-order chi connectivity index (χ1) is 14.3. The molecule has 0 aliphatic heterocycles. The summed E-state index contributed by atoms with van der Waals surface area (Å²) in [4.78, 5) is 54.7. The number of benzene rings is 1. The molecule has 1 aliphatic rings. The SMILES string of the molecule is CC1(C)CC(N=C=O)CC(C)(CN=C=O)C1.O=C=NCc1cccc(CN=C=O)c1. The van der Waals surface area contributed by atoms with Crippen molar-refractivity contribution in [2.75, 3.05) is 6.54 Å². The summed E-state index contributed by atoms with van der Waals surface area (Å²) in [5.41, 5.74) is 1.85. The van der Waals surface area contributed by atoms with E-state index in [1.807, 2.05) is 24.3 Å². The van der Waals surface area contributed by atoms with Crippen molar-refractivity contribution in [3.05, 3.63) is 35.4 Å². The van der Waals surface area contributed by atoms with Crippen molar-refractivity contribution in [3.63, 3.8) is 0 Å². The Kier molecular flexibility index (Phi) is 10.2. The molecule has 8 heteroatoms. The summed E-state index contributed by atoms with van der Waals surface area (Å²) >= 11 is 0. The van der Waals surface area contributed by atoms with Crippen molar-refractivity contribution < 1.29 is 19.2 Å². The van der Waals surface area contributed by atoms with Crippen LogP contribution in [0, 0.1) is 10.8 Å². The molecule has 158 valence electrons. The molecule has 1 aromatic rings. The third kappa shape index (κ3) is 9.29. The number of aliphatic imine (C=N–C) groups is 4. The minimum Gasteiger partial charge on any atom is -0.211 e. The second-order valence-electron chi connectivity index (χ2n) is 8.48. The lowest BCUT2D eigenvalue weighted by molar-refractivity contribution is 0.0915. The van der Waals surface area contributed by atoms with Gasteiger partial charge in [0, 0.05) is 0 Å². The zero-order valence-corrected chi connectivity index (χ0v) is 17.6. The molecule has 2 rings (SSSR count). The van der Waals surface area contributed by atoms with E-state index in [4.69, 9.17) is 0 Å². The Balaban J connectivity index is 0.000000303. The summed E-state index contributed by atoms with van der Waals surface area (Å²) in [5, 5.41) is 0. The zero-order valence-electron chi connectivity index (χ0n) is 17.6. The highest BCUT2D eigenvalue weighted by Gasteiger charge is 2.41. The van der Waals surface area contributed by atoms with Gasteiger partial charge in [-0.25, -0.2) is 39.1 Å². The topological polar surface area (TPSA) is 118 Å². The molecule has 30 heavy (non-hydrogen) atoms. The summed E-state index contributed by atoms with van der Waals surface area (Å²) in [6, 6.07) is 7.35. The molecule has 1 aromatic carbocycles. The molecule has 0 saturated heterocycles. The summed E-state index contributed by atoms with van der Waals surface area (Å²) in [6.45, 7) is 7.47. The molecule has 2 unspecified atom stereocenters. The van der Waals surface area contributed by atoms with Crippen molar-refractivity contribution >= 4 is 24.3 Å². The normalized spacial score (nSPS) is 21.2. The number of rotatable bonds is 7. The fraction of sp³-hybridized carbons (Fsp3) is 0.545. The van der Waals surface area contributed by atoms with Crippen LogP contribution in [0.2, 0.25) is 0 Å². The van der Waals surface area contributed by atoms with Crippen LogP contribution in [-0.2, 0) is 32.3 Å². The van der Waals surface area contributed by atoms with E-state index in [1.54, 1.807) is 12.2 Å². The maximum absolute atomic E-state index is 10.3. The van der Waals surface area contributed by atoms with Crippen molar-refractivity contribution in [1.29, 1.82) is 0 Å². The monoisotopic (exact) mass is 410 g/mol. The van der Waals surface area contributed by atoms with Gasteiger partial charge >= 0.3 is 0 Å². The molecule has 2 atom stereocenters. The van der Waals surface area contributed by atoms with Crippen LogP contribution in [0.5, 0.6) is 0 Å². The maximum Gasteiger partial charge on any atom is 0.235 e. The smallest absolute Gasteiger partial charge is 0.211 e. The Morgan fingerprint density at radius 1 is 0.867 bits per heavy atom. The predicted octanol–water partition coefficient (Wildman–Crippen LogP) is 3.60. The van der Waals surface area contributed by atoms with Gasteiger partial charge in [0.1, 0.15) is 0 Å². The summed E-state index contributed by atoms with van der Waals surface area (Å²) in [7, 11) is 0. The molecule has 0 N–H and O–H groups in total. The van der Waals surface area contributed by atoms with Crippen LogP contribution in [0.1, 0.15) is 51.2 Å². The summed E-state index contributed by atoms with van der Waals surface area (Å²) in [6.07, 6.45) is 8.82. The van der Waals surface area contributed by atoms with Gasteiger partial charge in [0.15, 0.2) is 0 Å². The largest absolute Gasteiger partial charge is 0.235 e. The average Bonchev–Trinajstić information content (AvgIpc) is 2.69. The predicted molar refractivity (Wildman–Crippen MR) is 111 cm³/mol. The van der Waals surface area contributed by atoms with E-state index >= 15 is 0 Å². The van der Waals surface area contributed by atoms with Gasteiger partial charge in [-0.15, -0.1) is 0 Å². The Bertz CT molecular complexity index is 868. The number of nitrogens with zero attached hydrogens (tertiary/aromatic N) is 4. The van der Waals surface area contributed by atoms with E-state index in [9.17, 15) is 19.2 Å². The standard InChI is InChI=1S/C12H18N2O2.C10H8N2O2/c1-11(2)4-10(14-9-16)5-12(3,6-11)7-13-8-15;13-7-11-5-9-2-1-3-10(4-9)6-12-8-14/h10H,4-7H2,1-3H3;1-4H,5-6H2. The molecule has 0 spiro atoms. The summed E-state index contributed by atoms with van der Waals surface area (Å²) in [5.74, 6) is 0. The molecular formula is C22H26N4O4. The molecular weight excluding hydrogens is 384 g/mol. The van der Waals surface area contributed by atoms with Gasteiger partial charge in [0.05, 0.1) is 25.7 Å². The minimum atomic E-state index is -0.0653. The Morgan fingerprint density at radius 3 is 1.93 bits per heavy atom. The van der Waals surface area contributed by atoms with E-state index in [0.717, 1.165) is 30.4 Å². The molecule has 1 saturated carbocycles.